The van der Waals surface area contributed by atoms with E-state index in [9.17, 15) is 79.2 Å². The van der Waals surface area contributed by atoms with Crippen LogP contribution in [0, 0.1) is 5.92 Å². The number of primary amides is 1. The molecule has 1 aromatic heterocycles. The molecule has 0 aliphatic carbocycles. The second-order valence-electron chi connectivity index (χ2n) is 24.1. The van der Waals surface area contributed by atoms with E-state index >= 15 is 0 Å². The molecular formula is C62H74ClN11O21S2. The van der Waals surface area contributed by atoms with E-state index in [0.717, 1.165) is 77.7 Å². The van der Waals surface area contributed by atoms with Crippen molar-refractivity contribution in [3.8, 4) is 32.6 Å². The van der Waals surface area contributed by atoms with Crippen molar-refractivity contribution in [2.75, 3.05) is 44.7 Å². The number of fused-ring (bicyclic) bond motifs is 2. The molecule has 0 bridgehead atoms. The maximum absolute atomic E-state index is 14.7. The Hall–Kier alpha value is -8.20. The quantitative estimate of drug-likeness (QED) is 0.0218. The summed E-state index contributed by atoms with van der Waals surface area (Å²) in [6.07, 6.45) is -14.7. The van der Waals surface area contributed by atoms with Crippen molar-refractivity contribution in [2.45, 2.75) is 131 Å². The lowest BCUT2D eigenvalue weighted by atomic mass is 9.84. The Morgan fingerprint density at radius 1 is 0.784 bits per heavy atom. The van der Waals surface area contributed by atoms with E-state index in [1.54, 1.807) is 19.2 Å². The molecule has 0 radical (unpaired) electrons. The van der Waals surface area contributed by atoms with Gasteiger partial charge < -0.3 is 96.8 Å². The number of halogens is 1. The molecule has 522 valence electrons. The number of hydrogen-bond donors (Lipinski definition) is 15. The highest BCUT2D eigenvalue weighted by atomic mass is 35.5. The van der Waals surface area contributed by atoms with Crippen LogP contribution in [0.5, 0.6) is 11.5 Å². The highest BCUT2D eigenvalue weighted by molar-refractivity contribution is 7.90. The van der Waals surface area contributed by atoms with Crippen molar-refractivity contribution >= 4 is 88.2 Å². The summed E-state index contributed by atoms with van der Waals surface area (Å²) in [5.74, 6) is -12.0. The molecule has 8 amide bonds. The molecule has 4 fully saturated rings. The first-order valence-electron chi connectivity index (χ1n) is 30.6. The Morgan fingerprint density at radius 3 is 2.02 bits per heavy atom. The number of aliphatic hydroxyl groups excluding tert-OH is 7. The monoisotopic (exact) mass is 1410 g/mol. The number of β-amino-alcohol motifs (C(OH)–C–C–N with tert-alkyl or cyclic N) is 1. The summed E-state index contributed by atoms with van der Waals surface area (Å²) in [7, 11) is 1.72. The molecule has 32 nitrogen and oxygen atoms in total. The minimum atomic E-state index is -2.54. The Bertz CT molecular complexity index is 3650. The van der Waals surface area contributed by atoms with Crippen LogP contribution >= 0.6 is 35.3 Å². The molecule has 4 saturated heterocycles. The van der Waals surface area contributed by atoms with Gasteiger partial charge in [0.15, 0.2) is 11.5 Å². The zero-order valence-electron chi connectivity index (χ0n) is 52.2. The van der Waals surface area contributed by atoms with Crippen LogP contribution in [0.1, 0.15) is 73.5 Å². The summed E-state index contributed by atoms with van der Waals surface area (Å²) in [4.78, 5) is 118. The number of nitrogens with one attached hydrogen (secondary N) is 5. The summed E-state index contributed by atoms with van der Waals surface area (Å²) >= 11 is 7.42. The fourth-order valence-electron chi connectivity index (χ4n) is 12.2. The molecule has 0 spiro atoms. The average Bonchev–Trinajstić information content (AvgIpc) is 1.76. The van der Waals surface area contributed by atoms with E-state index in [1.165, 1.54) is 30.4 Å². The number of nitrogens with zero attached hydrogens (tertiary/aromatic N) is 5. The number of benzene rings is 4. The van der Waals surface area contributed by atoms with Crippen molar-refractivity contribution in [2.24, 2.45) is 11.7 Å². The summed E-state index contributed by atoms with van der Waals surface area (Å²) < 4.78 is 15.3. The maximum Gasteiger partial charge on any atom is 0.261 e. The van der Waals surface area contributed by atoms with Crippen LogP contribution in [0.15, 0.2) is 91.0 Å². The third kappa shape index (κ3) is 17.0. The predicted molar refractivity (Wildman–Crippen MR) is 343 cm³/mol. The summed E-state index contributed by atoms with van der Waals surface area (Å²) in [5.41, 5.74) is 8.07. The number of amides is 8. The number of phenols is 1. The summed E-state index contributed by atoms with van der Waals surface area (Å²) in [6, 6.07) is 12.3. The Labute approximate surface area is 567 Å². The molecule has 13 unspecified atom stereocenters. The first-order valence-corrected chi connectivity index (χ1v) is 32.5. The summed E-state index contributed by atoms with van der Waals surface area (Å²) in [6.45, 7) is 2.17. The normalized spacial score (nSPS) is 25.8. The van der Waals surface area contributed by atoms with Crippen LogP contribution in [-0.4, -0.2) is 226 Å². The number of anilines is 1. The topological polar surface area (TPSA) is 477 Å². The van der Waals surface area contributed by atoms with E-state index in [4.69, 9.17) is 31.5 Å². The van der Waals surface area contributed by atoms with Gasteiger partial charge in [-0.15, -0.1) is 10.2 Å². The minimum absolute atomic E-state index is 0.0169. The SMILES string of the molecule is COC1(c2ccc(Cl)cc2)CCN(c2ccc(-c3nnc(-c4ccc(C(=O)N[C@H]5CC(O)CNC(=O)C6C(O)C(C)CN6C(=O)C(C(O)CC(N)=O)NC(=O)C(C(O)C(O)c6ccc(O)c(OSOOO)c6)NC(=O)C6CC(O)CN6C(=O)C(C(C)O)NC5=O)cc4)s3)cc2)CC1. The van der Waals surface area contributed by atoms with Gasteiger partial charge in [-0.05, 0) is 91.6 Å². The van der Waals surface area contributed by atoms with E-state index in [0.29, 0.717) is 20.6 Å². The summed E-state index contributed by atoms with van der Waals surface area (Å²) in [5, 5.41) is 125. The van der Waals surface area contributed by atoms with Gasteiger partial charge in [0.2, 0.25) is 41.4 Å². The number of methoxy groups -OCH3 is 1. The van der Waals surface area contributed by atoms with E-state index in [-0.39, 0.29) is 23.5 Å². The standard InChI is InChI=1S/C62H74ClN11O21S2/c1-29-27-74-49(50(29)81)57(88)65-26-38(76)23-40(66-53(84)31-4-6-32(7-5-31)58-70-71-59(96-58)33-8-15-37(16-9-33)72-20-18-62(92-3,19-21-72)35-11-13-36(63)14-12-35)54(85)67-46(30(2)75)60(89)73-28-39(77)24-41(73)55(86)69-48(56(87)68-47(61(74)90)43(79)25-45(64)80)52(83)51(82)34-10-17-42(78)44(22-34)93-97-95-94-91/h4-17,22,29-30,38-41,43,46-52,75-79,81-83,91H,18-21,23-28H2,1-3H3,(H2,64,80)(H,65,88)(H,66,84)(H,67,85)(H,68,87)(H,69,86)/t29?,30?,38?,39?,40-,41?,43?,46?,47?,48?,49?,50?,51?,52?/m0/s1. The van der Waals surface area contributed by atoms with Crippen LogP contribution < -0.4 is 41.4 Å². The second kappa shape index (κ2) is 32.0. The third-order valence-corrected chi connectivity index (χ3v) is 19.2. The number of piperidine rings is 1. The number of rotatable bonds is 18. The van der Waals surface area contributed by atoms with Gasteiger partial charge in [-0.2, -0.15) is 0 Å². The molecule has 5 heterocycles. The van der Waals surface area contributed by atoms with Gasteiger partial charge in [-0.3, -0.25) is 38.4 Å². The second-order valence-corrected chi connectivity index (χ2v) is 25.9. The van der Waals surface area contributed by atoms with Gasteiger partial charge in [0.1, 0.15) is 58.5 Å². The van der Waals surface area contributed by atoms with Gasteiger partial charge in [-0.25, -0.2) is 5.26 Å². The van der Waals surface area contributed by atoms with E-state index in [1.807, 2.05) is 48.5 Å². The van der Waals surface area contributed by atoms with Crippen LogP contribution in [0.25, 0.3) is 21.1 Å². The van der Waals surface area contributed by atoms with E-state index in [2.05, 4.69) is 51.1 Å². The molecule has 0 saturated carbocycles. The molecule has 35 heteroatoms. The number of carbonyl (C=O) groups excluding carboxylic acids is 8. The maximum atomic E-state index is 14.7. The van der Waals surface area contributed by atoms with Gasteiger partial charge in [0, 0.05) is 86.0 Å². The molecule has 14 atom stereocenters. The first-order chi connectivity index (χ1) is 46.2. The molecule has 4 aromatic carbocycles. The number of carbonyl (C=O) groups is 8. The smallest absolute Gasteiger partial charge is 0.261 e. The fraction of sp³-hybridized carbons (Fsp3) is 0.452. The van der Waals surface area contributed by atoms with Gasteiger partial charge >= 0.3 is 0 Å². The Kier molecular flexibility index (Phi) is 24.1. The van der Waals surface area contributed by atoms with E-state index < -0.39 is 188 Å². The molecule has 16 N–H and O–H groups in total. The fourth-order valence-corrected chi connectivity index (χ4v) is 13.4. The largest absolute Gasteiger partial charge is 0.504 e. The van der Waals surface area contributed by atoms with Crippen molar-refractivity contribution in [3.63, 3.8) is 0 Å². The molecule has 4 aliphatic heterocycles. The molecule has 97 heavy (non-hydrogen) atoms. The number of ether oxygens (including phenoxy) is 1. The predicted octanol–water partition coefficient (Wildman–Crippen LogP) is -0.949. The molecule has 4 aliphatic rings. The number of nitrogens with two attached hydrogens (primary N) is 1. The van der Waals surface area contributed by atoms with Crippen molar-refractivity contribution in [1.29, 1.82) is 0 Å². The van der Waals surface area contributed by atoms with Gasteiger partial charge in [0.25, 0.3) is 18.2 Å². The van der Waals surface area contributed by atoms with Crippen LogP contribution in [0.2, 0.25) is 5.02 Å². The molecular weight excluding hydrogens is 1330 g/mol. The highest BCUT2D eigenvalue weighted by Gasteiger charge is 2.50. The van der Waals surface area contributed by atoms with Gasteiger partial charge in [0.05, 0.1) is 42.5 Å². The number of aliphatic hydroxyl groups is 7. The average molecular weight is 1410 g/mol. The molecule has 9 rings (SSSR count). The lowest BCUT2D eigenvalue weighted by Crippen LogP contribution is -2.64. The van der Waals surface area contributed by atoms with Crippen LogP contribution in [0.3, 0.4) is 0 Å². The lowest BCUT2D eigenvalue weighted by molar-refractivity contribution is -0.433. The third-order valence-electron chi connectivity index (χ3n) is 17.6. The minimum Gasteiger partial charge on any atom is -0.504 e. The number of hydrogen-bond acceptors (Lipinski definition) is 26. The number of aromatic nitrogens is 2. The molecule has 5 aromatic rings. The zero-order valence-corrected chi connectivity index (χ0v) is 54.6. The zero-order chi connectivity index (χ0) is 70.2. The van der Waals surface area contributed by atoms with Gasteiger partial charge in [-0.1, -0.05) is 69.6 Å². The van der Waals surface area contributed by atoms with Crippen molar-refractivity contribution < 1.29 is 103 Å². The number of phenolic OH excluding ortho intramolecular Hbond substituents is 1. The first kappa shape index (κ1) is 73.1. The van der Waals surface area contributed by atoms with Crippen molar-refractivity contribution in [1.82, 2.24) is 46.6 Å². The van der Waals surface area contributed by atoms with Crippen LogP contribution in [-0.2, 0) is 53.3 Å². The van der Waals surface area contributed by atoms with Crippen molar-refractivity contribution in [3.05, 3.63) is 113 Å². The lowest BCUT2D eigenvalue weighted by Gasteiger charge is -2.42. The Morgan fingerprint density at radius 2 is 1.40 bits per heavy atom. The highest BCUT2D eigenvalue weighted by Crippen LogP contribution is 2.40. The number of aromatic hydroxyl groups is 1. The van der Waals surface area contributed by atoms with Crippen LogP contribution in [0.4, 0.5) is 5.69 Å². The Balaban J connectivity index is 0.966.